The molecule has 0 bridgehead atoms. The molecule has 0 saturated carbocycles. The minimum Gasteiger partial charge on any atom is -0.449 e. The first-order valence-electron chi connectivity index (χ1n) is 8.56. The lowest BCUT2D eigenvalue weighted by Crippen LogP contribution is -2.23. The molecule has 0 unspecified atom stereocenters. The molecule has 1 saturated heterocycles. The predicted octanol–water partition coefficient (Wildman–Crippen LogP) is 2.86. The normalized spacial score (nSPS) is 14.2. The molecule has 1 aromatic heterocycles. The second-order valence-electron chi connectivity index (χ2n) is 5.85. The van der Waals surface area contributed by atoms with Crippen molar-refractivity contribution in [2.45, 2.75) is 26.7 Å². The fourth-order valence-electron chi connectivity index (χ4n) is 2.97. The molecular weight excluding hydrogens is 318 g/mol. The number of para-hydroxylation sites is 1. The molecule has 1 amide bonds. The molecule has 1 fully saturated rings. The number of hydrogen-bond acceptors (Lipinski definition) is 5. The van der Waals surface area contributed by atoms with Crippen molar-refractivity contribution in [3.8, 4) is 5.69 Å². The molecule has 0 radical (unpaired) electrons. The third-order valence-electron chi connectivity index (χ3n) is 4.11. The van der Waals surface area contributed by atoms with E-state index in [9.17, 15) is 4.79 Å². The number of nitrogens with zero attached hydrogens (tertiary/aromatic N) is 4. The van der Waals surface area contributed by atoms with E-state index in [2.05, 4.69) is 15.4 Å². The predicted molar refractivity (Wildman–Crippen MR) is 97.5 cm³/mol. The van der Waals surface area contributed by atoms with Gasteiger partial charge in [-0.1, -0.05) is 18.2 Å². The van der Waals surface area contributed by atoms with Crippen LogP contribution in [-0.2, 0) is 4.74 Å². The van der Waals surface area contributed by atoms with Crippen molar-refractivity contribution in [2.24, 2.45) is 5.10 Å². The summed E-state index contributed by atoms with van der Waals surface area (Å²) in [5.41, 5.74) is 5.15. The number of rotatable bonds is 5. The van der Waals surface area contributed by atoms with Gasteiger partial charge in [-0.25, -0.2) is 14.9 Å². The van der Waals surface area contributed by atoms with Crippen LogP contribution < -0.4 is 10.3 Å². The summed E-state index contributed by atoms with van der Waals surface area (Å²) >= 11 is 0. The van der Waals surface area contributed by atoms with Gasteiger partial charge >= 0.3 is 6.09 Å². The first-order chi connectivity index (χ1) is 12.2. The first kappa shape index (κ1) is 17.0. The molecule has 1 aliphatic heterocycles. The molecule has 1 aliphatic rings. The molecule has 132 valence electrons. The summed E-state index contributed by atoms with van der Waals surface area (Å²) in [6, 6.07) is 10.0. The van der Waals surface area contributed by atoms with Gasteiger partial charge in [-0.3, -0.25) is 0 Å². The van der Waals surface area contributed by atoms with Crippen LogP contribution in [0.3, 0.4) is 0 Å². The highest BCUT2D eigenvalue weighted by Gasteiger charge is 2.23. The fourth-order valence-corrected chi connectivity index (χ4v) is 2.97. The standard InChI is InChI=1S/C18H23N5O2/c1-3-25-18(24)20-19-13-16-14(2)21-23(15-9-5-4-6-10-15)17(16)22-11-7-8-12-22/h4-6,9-10,13H,3,7-8,11-12H2,1-2H3,(H,20,24)/b19-13-. The number of ether oxygens (including phenoxy) is 1. The molecule has 2 heterocycles. The molecular formula is C18H23N5O2. The first-order valence-corrected chi connectivity index (χ1v) is 8.56. The lowest BCUT2D eigenvalue weighted by atomic mass is 10.2. The molecule has 7 nitrogen and oxygen atoms in total. The molecule has 1 aromatic carbocycles. The summed E-state index contributed by atoms with van der Waals surface area (Å²) in [5.74, 6) is 1.01. The smallest absolute Gasteiger partial charge is 0.427 e. The molecule has 0 spiro atoms. The maximum Gasteiger partial charge on any atom is 0.427 e. The van der Waals surface area contributed by atoms with Crippen molar-refractivity contribution >= 4 is 18.1 Å². The summed E-state index contributed by atoms with van der Waals surface area (Å²) in [4.78, 5) is 13.7. The minimum atomic E-state index is -0.561. The van der Waals surface area contributed by atoms with Crippen molar-refractivity contribution in [2.75, 3.05) is 24.6 Å². The number of aromatic nitrogens is 2. The second kappa shape index (κ2) is 7.83. The summed E-state index contributed by atoms with van der Waals surface area (Å²) < 4.78 is 6.77. The largest absolute Gasteiger partial charge is 0.449 e. The summed E-state index contributed by atoms with van der Waals surface area (Å²) in [6.07, 6.45) is 3.41. The second-order valence-corrected chi connectivity index (χ2v) is 5.85. The van der Waals surface area contributed by atoms with Gasteiger partial charge in [0.05, 0.1) is 29.8 Å². The van der Waals surface area contributed by atoms with Crippen LogP contribution >= 0.6 is 0 Å². The van der Waals surface area contributed by atoms with Crippen LogP contribution in [0.5, 0.6) is 0 Å². The number of aryl methyl sites for hydroxylation is 1. The number of amides is 1. The number of benzene rings is 1. The number of nitrogens with one attached hydrogen (secondary N) is 1. The third-order valence-corrected chi connectivity index (χ3v) is 4.11. The monoisotopic (exact) mass is 341 g/mol. The van der Waals surface area contributed by atoms with Gasteiger partial charge < -0.3 is 9.64 Å². The SMILES string of the molecule is CCOC(=O)N/N=C\c1c(C)nn(-c2ccccc2)c1N1CCCC1. The Kier molecular flexibility index (Phi) is 5.33. The Labute approximate surface area is 147 Å². The van der Waals surface area contributed by atoms with Crippen molar-refractivity contribution in [1.29, 1.82) is 0 Å². The van der Waals surface area contributed by atoms with Gasteiger partial charge in [-0.2, -0.15) is 10.2 Å². The quantitative estimate of drug-likeness (QED) is 0.670. The molecule has 1 N–H and O–H groups in total. The van der Waals surface area contributed by atoms with Gasteiger partial charge in [0.25, 0.3) is 0 Å². The maximum atomic E-state index is 11.4. The Morgan fingerprint density at radius 3 is 2.72 bits per heavy atom. The zero-order valence-electron chi connectivity index (χ0n) is 14.6. The zero-order chi connectivity index (χ0) is 17.6. The van der Waals surface area contributed by atoms with Crippen molar-refractivity contribution in [1.82, 2.24) is 15.2 Å². The van der Waals surface area contributed by atoms with Gasteiger partial charge in [0, 0.05) is 13.1 Å². The van der Waals surface area contributed by atoms with E-state index in [1.165, 1.54) is 0 Å². The molecule has 3 rings (SSSR count). The van der Waals surface area contributed by atoms with Crippen LogP contribution in [0.25, 0.3) is 5.69 Å². The van der Waals surface area contributed by atoms with Crippen LogP contribution in [0.15, 0.2) is 35.4 Å². The Morgan fingerprint density at radius 2 is 2.04 bits per heavy atom. The molecule has 25 heavy (non-hydrogen) atoms. The van der Waals surface area contributed by atoms with E-state index in [-0.39, 0.29) is 0 Å². The van der Waals surface area contributed by atoms with Crippen molar-refractivity contribution in [3.05, 3.63) is 41.6 Å². The Bertz CT molecular complexity index is 748. The highest BCUT2D eigenvalue weighted by Crippen LogP contribution is 2.28. The van der Waals surface area contributed by atoms with Crippen molar-refractivity contribution in [3.63, 3.8) is 0 Å². The Balaban J connectivity index is 1.95. The van der Waals surface area contributed by atoms with Crippen LogP contribution in [0.2, 0.25) is 0 Å². The van der Waals surface area contributed by atoms with E-state index in [0.29, 0.717) is 6.61 Å². The number of carbonyl (C=O) groups excluding carboxylic acids is 1. The summed E-state index contributed by atoms with van der Waals surface area (Å²) in [6.45, 7) is 5.99. The zero-order valence-corrected chi connectivity index (χ0v) is 14.6. The third kappa shape index (κ3) is 3.81. The van der Waals surface area contributed by atoms with Crippen molar-refractivity contribution < 1.29 is 9.53 Å². The molecule has 7 heteroatoms. The van der Waals surface area contributed by atoms with Gasteiger partial charge in [0.15, 0.2) is 0 Å². The topological polar surface area (TPSA) is 71.7 Å². The van der Waals surface area contributed by atoms with Crippen LogP contribution in [0.1, 0.15) is 31.0 Å². The average molecular weight is 341 g/mol. The van der Waals surface area contributed by atoms with E-state index in [1.54, 1.807) is 13.1 Å². The number of hydrogen-bond donors (Lipinski definition) is 1. The van der Waals surface area contributed by atoms with E-state index < -0.39 is 6.09 Å². The van der Waals surface area contributed by atoms with E-state index >= 15 is 0 Å². The highest BCUT2D eigenvalue weighted by molar-refractivity contribution is 5.89. The maximum absolute atomic E-state index is 11.4. The highest BCUT2D eigenvalue weighted by atomic mass is 16.5. The molecule has 0 aliphatic carbocycles. The minimum absolute atomic E-state index is 0.311. The molecule has 2 aromatic rings. The van der Waals surface area contributed by atoms with Crippen LogP contribution in [0, 0.1) is 6.92 Å². The van der Waals surface area contributed by atoms with Crippen LogP contribution in [0.4, 0.5) is 10.6 Å². The number of hydrazone groups is 1. The van der Waals surface area contributed by atoms with Gasteiger partial charge in [0.2, 0.25) is 0 Å². The van der Waals surface area contributed by atoms with Gasteiger partial charge in [-0.15, -0.1) is 0 Å². The molecule has 0 atom stereocenters. The number of carbonyl (C=O) groups is 1. The lowest BCUT2D eigenvalue weighted by Gasteiger charge is -2.20. The average Bonchev–Trinajstić information content (AvgIpc) is 3.24. The van der Waals surface area contributed by atoms with Crippen LogP contribution in [-0.4, -0.2) is 41.8 Å². The van der Waals surface area contributed by atoms with E-state index in [4.69, 9.17) is 9.84 Å². The lowest BCUT2D eigenvalue weighted by molar-refractivity contribution is 0.152. The van der Waals surface area contributed by atoms with Gasteiger partial charge in [-0.05, 0) is 38.8 Å². The van der Waals surface area contributed by atoms with E-state index in [0.717, 1.165) is 48.7 Å². The Morgan fingerprint density at radius 1 is 1.32 bits per heavy atom. The number of anilines is 1. The Hall–Kier alpha value is -2.83. The summed E-state index contributed by atoms with van der Waals surface area (Å²) in [7, 11) is 0. The van der Waals surface area contributed by atoms with Gasteiger partial charge in [0.1, 0.15) is 5.82 Å². The summed E-state index contributed by atoms with van der Waals surface area (Å²) in [5, 5.41) is 8.73. The van der Waals surface area contributed by atoms with E-state index in [1.807, 2.05) is 41.9 Å². The fraction of sp³-hybridized carbons (Fsp3) is 0.389.